The molecule has 1 nitrogen and oxygen atoms in total. The van der Waals surface area contributed by atoms with Crippen molar-refractivity contribution in [3.63, 3.8) is 0 Å². The van der Waals surface area contributed by atoms with Gasteiger partial charge in [0.25, 0.3) is 5.92 Å². The van der Waals surface area contributed by atoms with Crippen LogP contribution in [0.25, 0.3) is 0 Å². The van der Waals surface area contributed by atoms with Crippen LogP contribution in [0.15, 0.2) is 12.7 Å². The van der Waals surface area contributed by atoms with E-state index in [1.54, 1.807) is 0 Å². The minimum atomic E-state index is -2.89. The third kappa shape index (κ3) is 0.850. The predicted octanol–water partition coefficient (Wildman–Crippen LogP) is 1.58. The summed E-state index contributed by atoms with van der Waals surface area (Å²) in [6.07, 6.45) is 1.43. The molecule has 1 fully saturated rings. The summed E-state index contributed by atoms with van der Waals surface area (Å²) in [4.78, 5) is 0. The first-order valence-electron chi connectivity index (χ1n) is 3.20. The fraction of sp³-hybridized carbons (Fsp3) is 0.714. The average Bonchev–Trinajstić information content (AvgIpc) is 2.67. The largest absolute Gasteiger partial charge is 0.396 e. The second-order valence-corrected chi connectivity index (χ2v) is 2.77. The third-order valence-corrected chi connectivity index (χ3v) is 2.12. The zero-order chi connectivity index (χ0) is 7.83. The molecule has 0 radical (unpaired) electrons. The van der Waals surface area contributed by atoms with Gasteiger partial charge in [-0.1, -0.05) is 6.58 Å². The fourth-order valence-corrected chi connectivity index (χ4v) is 0.964. The lowest BCUT2D eigenvalue weighted by Crippen LogP contribution is -2.30. The molecule has 0 unspecified atom stereocenters. The van der Waals surface area contributed by atoms with Crippen molar-refractivity contribution in [2.75, 3.05) is 6.61 Å². The maximum atomic E-state index is 12.7. The van der Waals surface area contributed by atoms with Crippen molar-refractivity contribution in [3.8, 4) is 0 Å². The Balaban J connectivity index is 2.71. The van der Waals surface area contributed by atoms with Crippen LogP contribution in [0, 0.1) is 5.41 Å². The number of aliphatic hydroxyl groups is 1. The van der Waals surface area contributed by atoms with Crippen LogP contribution in [0.1, 0.15) is 12.8 Å². The number of hydrogen-bond acceptors (Lipinski definition) is 1. The molecule has 0 atom stereocenters. The number of aliphatic hydroxyl groups excluding tert-OH is 1. The van der Waals surface area contributed by atoms with Gasteiger partial charge in [-0.3, -0.25) is 0 Å². The molecule has 0 spiro atoms. The molecule has 0 aliphatic heterocycles. The minimum absolute atomic E-state index is 0.405. The van der Waals surface area contributed by atoms with Crippen molar-refractivity contribution in [1.82, 2.24) is 0 Å². The smallest absolute Gasteiger partial charge is 0.273 e. The van der Waals surface area contributed by atoms with E-state index in [4.69, 9.17) is 5.11 Å². The standard InChI is InChI=1S/C7H10F2O/c1-2-7(8,9)6(5-10)3-4-6/h2,10H,1,3-5H2. The van der Waals surface area contributed by atoms with Crippen LogP contribution in [0.5, 0.6) is 0 Å². The molecular formula is C7H10F2O. The Morgan fingerprint density at radius 2 is 2.10 bits per heavy atom. The van der Waals surface area contributed by atoms with E-state index in [1.807, 2.05) is 0 Å². The van der Waals surface area contributed by atoms with Crippen LogP contribution >= 0.6 is 0 Å². The van der Waals surface area contributed by atoms with Crippen LogP contribution < -0.4 is 0 Å². The summed E-state index contributed by atoms with van der Waals surface area (Å²) in [6.45, 7) is 2.59. The molecule has 1 rings (SSSR count). The summed E-state index contributed by atoms with van der Waals surface area (Å²) in [7, 11) is 0. The van der Waals surface area contributed by atoms with Gasteiger partial charge in [-0.25, -0.2) is 8.78 Å². The van der Waals surface area contributed by atoms with E-state index in [1.165, 1.54) is 0 Å². The molecule has 58 valence electrons. The lowest BCUT2D eigenvalue weighted by molar-refractivity contribution is -0.0479. The van der Waals surface area contributed by atoms with E-state index in [0.29, 0.717) is 18.9 Å². The first kappa shape index (κ1) is 7.66. The van der Waals surface area contributed by atoms with Crippen LogP contribution in [0.2, 0.25) is 0 Å². The van der Waals surface area contributed by atoms with Gasteiger partial charge in [0.1, 0.15) is 0 Å². The van der Waals surface area contributed by atoms with Gasteiger partial charge in [-0.05, 0) is 18.9 Å². The zero-order valence-corrected chi connectivity index (χ0v) is 5.61. The minimum Gasteiger partial charge on any atom is -0.396 e. The first-order valence-corrected chi connectivity index (χ1v) is 3.20. The first-order chi connectivity index (χ1) is 4.58. The van der Waals surface area contributed by atoms with Gasteiger partial charge in [0.2, 0.25) is 0 Å². The summed E-state index contributed by atoms with van der Waals surface area (Å²) in [5.74, 6) is -2.89. The second kappa shape index (κ2) is 2.02. The molecule has 1 aliphatic carbocycles. The van der Waals surface area contributed by atoms with Gasteiger partial charge >= 0.3 is 0 Å². The lowest BCUT2D eigenvalue weighted by atomic mass is 10.00. The van der Waals surface area contributed by atoms with Crippen LogP contribution in [-0.2, 0) is 0 Å². The Kier molecular flexibility index (Phi) is 1.55. The number of allylic oxidation sites excluding steroid dienone is 1. The Labute approximate surface area is 58.4 Å². The molecule has 3 heteroatoms. The van der Waals surface area contributed by atoms with E-state index < -0.39 is 17.9 Å². The van der Waals surface area contributed by atoms with Gasteiger partial charge in [0, 0.05) is 0 Å². The van der Waals surface area contributed by atoms with Crippen LogP contribution in [0.3, 0.4) is 0 Å². The van der Waals surface area contributed by atoms with Crippen molar-refractivity contribution in [3.05, 3.63) is 12.7 Å². The van der Waals surface area contributed by atoms with E-state index >= 15 is 0 Å². The highest BCUT2D eigenvalue weighted by atomic mass is 19.3. The van der Waals surface area contributed by atoms with Crippen molar-refractivity contribution >= 4 is 0 Å². The van der Waals surface area contributed by atoms with E-state index in [-0.39, 0.29) is 0 Å². The molecule has 10 heavy (non-hydrogen) atoms. The Hall–Kier alpha value is -0.440. The SMILES string of the molecule is C=CC(F)(F)C1(CO)CC1. The molecular weight excluding hydrogens is 138 g/mol. The van der Waals surface area contributed by atoms with Gasteiger partial charge in [-0.2, -0.15) is 0 Å². The Bertz CT molecular complexity index is 150. The molecule has 0 amide bonds. The molecule has 1 N–H and O–H groups in total. The van der Waals surface area contributed by atoms with Gasteiger partial charge < -0.3 is 5.11 Å². The fourth-order valence-electron chi connectivity index (χ4n) is 0.964. The molecule has 0 saturated heterocycles. The summed E-state index contributed by atoms with van der Waals surface area (Å²) >= 11 is 0. The van der Waals surface area contributed by atoms with E-state index in [9.17, 15) is 8.78 Å². The summed E-state index contributed by atoms with van der Waals surface area (Å²) < 4.78 is 25.4. The molecule has 0 aromatic rings. The topological polar surface area (TPSA) is 20.2 Å². The van der Waals surface area contributed by atoms with Crippen LogP contribution in [-0.4, -0.2) is 17.6 Å². The van der Waals surface area contributed by atoms with E-state index in [2.05, 4.69) is 6.58 Å². The lowest BCUT2D eigenvalue weighted by Gasteiger charge is -2.20. The average molecular weight is 148 g/mol. The molecule has 0 aromatic carbocycles. The Morgan fingerprint density at radius 3 is 2.20 bits per heavy atom. The molecule has 0 heterocycles. The van der Waals surface area contributed by atoms with Crippen LogP contribution in [0.4, 0.5) is 8.78 Å². The number of hydrogen-bond donors (Lipinski definition) is 1. The maximum Gasteiger partial charge on any atom is 0.273 e. The monoisotopic (exact) mass is 148 g/mol. The van der Waals surface area contributed by atoms with Crippen molar-refractivity contribution < 1.29 is 13.9 Å². The highest BCUT2D eigenvalue weighted by Crippen LogP contribution is 2.56. The normalized spacial score (nSPS) is 22.3. The number of rotatable bonds is 3. The molecule has 0 aromatic heterocycles. The second-order valence-electron chi connectivity index (χ2n) is 2.77. The summed E-state index contributed by atoms with van der Waals surface area (Å²) in [5.41, 5.74) is -1.16. The van der Waals surface area contributed by atoms with Gasteiger partial charge in [0.05, 0.1) is 12.0 Å². The van der Waals surface area contributed by atoms with E-state index in [0.717, 1.165) is 0 Å². The molecule has 1 aliphatic rings. The maximum absolute atomic E-state index is 12.7. The quantitative estimate of drug-likeness (QED) is 0.602. The van der Waals surface area contributed by atoms with Crippen molar-refractivity contribution in [2.24, 2.45) is 5.41 Å². The number of halogens is 2. The van der Waals surface area contributed by atoms with Crippen molar-refractivity contribution in [1.29, 1.82) is 0 Å². The van der Waals surface area contributed by atoms with Crippen molar-refractivity contribution in [2.45, 2.75) is 18.8 Å². The highest BCUT2D eigenvalue weighted by molar-refractivity contribution is 5.10. The summed E-state index contributed by atoms with van der Waals surface area (Å²) in [5, 5.41) is 8.60. The van der Waals surface area contributed by atoms with Gasteiger partial charge in [0.15, 0.2) is 0 Å². The highest BCUT2D eigenvalue weighted by Gasteiger charge is 2.59. The third-order valence-electron chi connectivity index (χ3n) is 2.12. The predicted molar refractivity (Wildman–Crippen MR) is 33.9 cm³/mol. The zero-order valence-electron chi connectivity index (χ0n) is 5.61. The molecule has 1 saturated carbocycles. The summed E-state index contributed by atoms with van der Waals surface area (Å²) in [6, 6.07) is 0. The Morgan fingerprint density at radius 1 is 1.60 bits per heavy atom. The van der Waals surface area contributed by atoms with Gasteiger partial charge in [-0.15, -0.1) is 0 Å². The number of alkyl halides is 2. The molecule has 0 bridgehead atoms.